The highest BCUT2D eigenvalue weighted by atomic mass is 16.5. The fraction of sp³-hybridized carbons (Fsp3) is 0.0667. The zero-order valence-corrected chi connectivity index (χ0v) is 30.5. The predicted octanol–water partition coefficient (Wildman–Crippen LogP) is 8.35. The third-order valence-electron chi connectivity index (χ3n) is 9.10. The van der Waals surface area contributed by atoms with Crippen LogP contribution in [0.25, 0.3) is 0 Å². The van der Waals surface area contributed by atoms with Crippen molar-refractivity contribution in [2.45, 2.75) is 19.3 Å². The smallest absolute Gasteiger partial charge is 0.343 e. The number of rotatable bonds is 12. The maximum absolute atomic E-state index is 13.1. The van der Waals surface area contributed by atoms with E-state index in [1.165, 1.54) is 30.3 Å². The van der Waals surface area contributed by atoms with Gasteiger partial charge in [0, 0.05) is 16.8 Å². The number of benzene rings is 6. The molecule has 0 heterocycles. The van der Waals surface area contributed by atoms with Crippen LogP contribution in [0.2, 0.25) is 0 Å². The molecule has 0 aromatic heterocycles. The fourth-order valence-electron chi connectivity index (χ4n) is 5.91. The molecule has 0 aliphatic carbocycles. The SMILES string of the molecule is CC(C)(c1ccc(OC(=O)c2ccc(C(=O)[15NH]c3ccccc3)c(C(=O)O)c2)cc1)c1ccc(OC(=O)c2ccc(C(=O)O)c(C(=O)[15NH]c3ccccc3)c2)cc1. The zero-order valence-electron chi connectivity index (χ0n) is 30.5. The summed E-state index contributed by atoms with van der Waals surface area (Å²) in [6, 6.07) is 37.9. The first-order valence-corrected chi connectivity index (χ1v) is 17.4. The van der Waals surface area contributed by atoms with Gasteiger partial charge in [-0.2, -0.15) is 0 Å². The number of amides is 2. The van der Waals surface area contributed by atoms with Gasteiger partial charge in [-0.25, -0.2) is 19.2 Å². The second kappa shape index (κ2) is 16.7. The van der Waals surface area contributed by atoms with E-state index in [9.17, 15) is 39.0 Å². The average molecular weight is 765 g/mol. The van der Waals surface area contributed by atoms with Crippen LogP contribution in [0.3, 0.4) is 0 Å². The van der Waals surface area contributed by atoms with Gasteiger partial charge in [-0.05, 0) is 96.1 Å². The van der Waals surface area contributed by atoms with Gasteiger partial charge in [-0.1, -0.05) is 74.5 Å². The number of hydrogen-bond acceptors (Lipinski definition) is 8. The Bertz CT molecular complexity index is 2500. The maximum Gasteiger partial charge on any atom is 0.343 e. The fourth-order valence-corrected chi connectivity index (χ4v) is 5.91. The van der Waals surface area contributed by atoms with Crippen molar-refractivity contribution in [3.63, 3.8) is 0 Å². The molecule has 6 rings (SSSR count). The minimum absolute atomic E-state index is 0.0195. The molecule has 0 spiro atoms. The van der Waals surface area contributed by atoms with Crippen molar-refractivity contribution in [3.05, 3.63) is 190 Å². The Morgan fingerprint density at radius 3 is 1.26 bits per heavy atom. The summed E-state index contributed by atoms with van der Waals surface area (Å²) < 4.78 is 11.1. The summed E-state index contributed by atoms with van der Waals surface area (Å²) in [4.78, 5) is 75.7. The van der Waals surface area contributed by atoms with Crippen molar-refractivity contribution in [1.29, 1.82) is 0 Å². The Morgan fingerprint density at radius 1 is 0.456 bits per heavy atom. The van der Waals surface area contributed by atoms with Crippen LogP contribution in [-0.4, -0.2) is 45.9 Å². The van der Waals surface area contributed by atoms with Gasteiger partial charge in [0.2, 0.25) is 0 Å². The van der Waals surface area contributed by atoms with Gasteiger partial charge in [-0.3, -0.25) is 9.59 Å². The number of anilines is 2. The summed E-state index contributed by atoms with van der Waals surface area (Å²) in [5.74, 6) is -5.22. The van der Waals surface area contributed by atoms with E-state index in [0.717, 1.165) is 17.2 Å². The van der Waals surface area contributed by atoms with E-state index in [0.29, 0.717) is 11.4 Å². The van der Waals surface area contributed by atoms with Gasteiger partial charge in [0.1, 0.15) is 11.5 Å². The molecule has 0 radical (unpaired) electrons. The summed E-state index contributed by atoms with van der Waals surface area (Å²) in [6.45, 7) is 3.95. The predicted molar refractivity (Wildman–Crippen MR) is 211 cm³/mol. The van der Waals surface area contributed by atoms with Crippen LogP contribution in [-0.2, 0) is 5.41 Å². The summed E-state index contributed by atoms with van der Waals surface area (Å²) in [5, 5.41) is 24.7. The van der Waals surface area contributed by atoms with Gasteiger partial charge < -0.3 is 30.3 Å². The van der Waals surface area contributed by atoms with Crippen LogP contribution in [0.15, 0.2) is 146 Å². The standard InChI is InChI=1S/C45H34N2O10/c1-45(2,29-15-19-33(20-16-29)56-43(54)27-14-24-36(41(50)51)37(25-27)40(49)47-32-11-7-4-8-12-32)30-17-21-34(22-18-30)57-44(55)28-13-23-35(38(26-28)42(52)53)39(48)46-31-9-5-3-6-10-31/h3-26H,1-2H3,(H,46,48)(H,47,49)(H,50,51)(H,52,53)/i46+1,47+1. The Kier molecular flexibility index (Phi) is 11.4. The Balaban J connectivity index is 1.10. The van der Waals surface area contributed by atoms with Crippen molar-refractivity contribution < 1.29 is 48.5 Å². The lowest BCUT2D eigenvalue weighted by molar-refractivity contribution is 0.0682. The van der Waals surface area contributed by atoms with Gasteiger partial charge in [0.25, 0.3) is 11.8 Å². The van der Waals surface area contributed by atoms with E-state index < -0.39 is 41.1 Å². The summed E-state index contributed by atoms with van der Waals surface area (Å²) in [6.07, 6.45) is 0. The summed E-state index contributed by atoms with van der Waals surface area (Å²) in [5.41, 5.74) is 1.06. The molecule has 12 nitrogen and oxygen atoms in total. The number of carbonyl (C=O) groups is 6. The highest BCUT2D eigenvalue weighted by Gasteiger charge is 2.25. The second-order valence-corrected chi connectivity index (χ2v) is 13.2. The second-order valence-electron chi connectivity index (χ2n) is 13.2. The van der Waals surface area contributed by atoms with Crippen LogP contribution in [0.1, 0.15) is 87.1 Å². The molecule has 0 bridgehead atoms. The molecule has 12 heteroatoms. The average Bonchev–Trinajstić information content (AvgIpc) is 3.21. The number of hydrogen-bond donors (Lipinski definition) is 4. The van der Waals surface area contributed by atoms with Crippen LogP contribution in [0.5, 0.6) is 11.5 Å². The molecule has 2 amide bonds. The van der Waals surface area contributed by atoms with Crippen LogP contribution < -0.4 is 20.1 Å². The minimum Gasteiger partial charge on any atom is -0.478 e. The summed E-state index contributed by atoms with van der Waals surface area (Å²) >= 11 is 0. The first-order valence-electron chi connectivity index (χ1n) is 17.4. The summed E-state index contributed by atoms with van der Waals surface area (Å²) in [7, 11) is 0. The Hall–Kier alpha value is -7.86. The molecule has 0 saturated heterocycles. The van der Waals surface area contributed by atoms with E-state index in [2.05, 4.69) is 10.6 Å². The highest BCUT2D eigenvalue weighted by molar-refractivity contribution is 6.13. The van der Waals surface area contributed by atoms with Crippen LogP contribution in [0, 0.1) is 0 Å². The molecule has 6 aromatic rings. The van der Waals surface area contributed by atoms with Crippen LogP contribution in [0.4, 0.5) is 11.4 Å². The zero-order chi connectivity index (χ0) is 40.7. The largest absolute Gasteiger partial charge is 0.478 e. The van der Waals surface area contributed by atoms with Gasteiger partial charge in [-0.15, -0.1) is 0 Å². The molecule has 0 fully saturated rings. The molecule has 0 aliphatic heterocycles. The molecule has 0 unspecified atom stereocenters. The number of nitrogens with one attached hydrogen (secondary N) is 2. The molecular weight excluding hydrogens is 730 g/mol. The molecular formula is C45H34N2O10. The Labute approximate surface area is 326 Å². The molecule has 0 aliphatic rings. The molecule has 4 N–H and O–H groups in total. The number of aromatic carboxylic acids is 2. The molecule has 0 atom stereocenters. The van der Waals surface area contributed by atoms with E-state index in [-0.39, 0.29) is 44.9 Å². The number of carboxylic acids is 2. The van der Waals surface area contributed by atoms with Gasteiger partial charge >= 0.3 is 23.9 Å². The van der Waals surface area contributed by atoms with E-state index in [4.69, 9.17) is 9.47 Å². The number of ether oxygens (including phenoxy) is 2. The maximum atomic E-state index is 13.1. The van der Waals surface area contributed by atoms with Crippen LogP contribution >= 0.6 is 0 Å². The quantitative estimate of drug-likeness (QED) is 0.0536. The highest BCUT2D eigenvalue weighted by Crippen LogP contribution is 2.34. The number of carbonyl (C=O) groups excluding carboxylic acids is 4. The molecule has 0 saturated carbocycles. The van der Waals surface area contributed by atoms with Crippen molar-refractivity contribution >= 4 is 47.1 Å². The van der Waals surface area contributed by atoms with Gasteiger partial charge in [0.15, 0.2) is 0 Å². The normalized spacial score (nSPS) is 10.8. The minimum atomic E-state index is -1.38. The topological polar surface area (TPSA) is 185 Å². The van der Waals surface area contributed by atoms with Crippen molar-refractivity contribution in [1.82, 2.24) is 0 Å². The van der Waals surface area contributed by atoms with Crippen molar-refractivity contribution in [2.24, 2.45) is 0 Å². The first-order chi connectivity index (χ1) is 27.3. The van der Waals surface area contributed by atoms with Gasteiger partial charge in [0.05, 0.1) is 33.4 Å². The third-order valence-corrected chi connectivity index (χ3v) is 9.10. The first kappa shape index (κ1) is 38.9. The lowest BCUT2D eigenvalue weighted by atomic mass is 9.78. The number of para-hydroxylation sites is 2. The lowest BCUT2D eigenvalue weighted by Gasteiger charge is -2.26. The molecule has 57 heavy (non-hydrogen) atoms. The molecule has 284 valence electrons. The van der Waals surface area contributed by atoms with Crippen molar-refractivity contribution in [2.75, 3.05) is 10.6 Å². The number of esters is 2. The molecule has 6 aromatic carbocycles. The van der Waals surface area contributed by atoms with E-state index in [1.54, 1.807) is 109 Å². The number of carboxylic acid groups (broad SMARTS) is 2. The third kappa shape index (κ3) is 9.10. The lowest BCUT2D eigenvalue weighted by Crippen LogP contribution is -2.19. The Morgan fingerprint density at radius 2 is 0.842 bits per heavy atom. The van der Waals surface area contributed by atoms with E-state index in [1.807, 2.05) is 13.8 Å². The monoisotopic (exact) mass is 764 g/mol. The van der Waals surface area contributed by atoms with E-state index >= 15 is 0 Å². The van der Waals surface area contributed by atoms with Crippen molar-refractivity contribution in [3.8, 4) is 11.5 Å².